The van der Waals surface area contributed by atoms with Crippen LogP contribution in [0.25, 0.3) is 10.2 Å². The molecule has 4 rings (SSSR count). The summed E-state index contributed by atoms with van der Waals surface area (Å²) in [6.45, 7) is 7.83. The largest absolute Gasteiger partial charge is 0.455 e. The van der Waals surface area contributed by atoms with Crippen LogP contribution in [-0.4, -0.2) is 59.5 Å². The summed E-state index contributed by atoms with van der Waals surface area (Å²) in [5.41, 5.74) is 1.23. The van der Waals surface area contributed by atoms with Crippen molar-refractivity contribution in [3.63, 3.8) is 0 Å². The van der Waals surface area contributed by atoms with Crippen molar-refractivity contribution in [1.82, 2.24) is 14.9 Å². The molecule has 0 spiro atoms. The Morgan fingerprint density at radius 1 is 1.12 bits per heavy atom. The molecule has 2 fully saturated rings. The van der Waals surface area contributed by atoms with E-state index in [0.29, 0.717) is 12.8 Å². The number of thiophene rings is 1. The number of fused-ring (bicyclic) bond motifs is 1. The Balaban J connectivity index is 1.28. The molecule has 174 valence electrons. The van der Waals surface area contributed by atoms with Gasteiger partial charge in [-0.15, -0.1) is 11.3 Å². The number of piperidine rings is 1. The minimum absolute atomic E-state index is 0.0954. The topological polar surface area (TPSA) is 75.6 Å². The standard InChI is InChI=1S/C24H34N4O3S/c1-15-5-7-19(8-6-15)27(4)20(29)13-31-24(30)18-9-11-28(12-10-18)22-21-16(2)17(3)32-23(21)26-14-25-22/h14-15,18-19H,5-13H2,1-4H3. The van der Waals surface area contributed by atoms with Crippen molar-refractivity contribution in [1.29, 1.82) is 0 Å². The highest BCUT2D eigenvalue weighted by atomic mass is 32.1. The fraction of sp³-hybridized carbons (Fsp3) is 0.667. The third kappa shape index (κ3) is 4.75. The van der Waals surface area contributed by atoms with Gasteiger partial charge in [-0.25, -0.2) is 9.97 Å². The van der Waals surface area contributed by atoms with Crippen molar-refractivity contribution >= 4 is 39.2 Å². The van der Waals surface area contributed by atoms with Crippen LogP contribution in [0.3, 0.4) is 0 Å². The zero-order chi connectivity index (χ0) is 22.8. The first kappa shape index (κ1) is 23.0. The average molecular weight is 459 g/mol. The summed E-state index contributed by atoms with van der Waals surface area (Å²) in [4.78, 5) is 40.4. The summed E-state index contributed by atoms with van der Waals surface area (Å²) in [6.07, 6.45) is 7.43. The second-order valence-electron chi connectivity index (χ2n) is 9.45. The van der Waals surface area contributed by atoms with Gasteiger partial charge in [0.15, 0.2) is 6.61 Å². The molecule has 1 saturated heterocycles. The van der Waals surface area contributed by atoms with Gasteiger partial charge in [-0.2, -0.15) is 0 Å². The van der Waals surface area contributed by atoms with E-state index in [0.717, 1.165) is 60.7 Å². The third-order valence-electron chi connectivity index (χ3n) is 7.34. The van der Waals surface area contributed by atoms with Gasteiger partial charge in [-0.05, 0) is 63.9 Å². The Kier molecular flexibility index (Phi) is 6.98. The van der Waals surface area contributed by atoms with E-state index in [-0.39, 0.29) is 30.4 Å². The fourth-order valence-corrected chi connectivity index (χ4v) is 5.91. The summed E-state index contributed by atoms with van der Waals surface area (Å²) in [7, 11) is 1.84. The number of carbonyl (C=O) groups excluding carboxylic acids is 2. The zero-order valence-electron chi connectivity index (χ0n) is 19.6. The molecule has 32 heavy (non-hydrogen) atoms. The molecule has 1 aliphatic carbocycles. The highest BCUT2D eigenvalue weighted by Crippen LogP contribution is 2.35. The van der Waals surface area contributed by atoms with Crippen LogP contribution in [0.5, 0.6) is 0 Å². The first-order valence-electron chi connectivity index (χ1n) is 11.7. The molecule has 2 aliphatic rings. The van der Waals surface area contributed by atoms with Gasteiger partial charge in [0, 0.05) is 31.1 Å². The van der Waals surface area contributed by atoms with Crippen molar-refractivity contribution < 1.29 is 14.3 Å². The van der Waals surface area contributed by atoms with Crippen molar-refractivity contribution in [2.75, 3.05) is 31.6 Å². The van der Waals surface area contributed by atoms with E-state index in [2.05, 4.69) is 35.6 Å². The van der Waals surface area contributed by atoms with E-state index in [1.54, 1.807) is 22.6 Å². The molecule has 1 aliphatic heterocycles. The molecule has 0 N–H and O–H groups in total. The second kappa shape index (κ2) is 9.73. The lowest BCUT2D eigenvalue weighted by Gasteiger charge is -2.34. The van der Waals surface area contributed by atoms with Gasteiger partial charge in [0.05, 0.1) is 11.3 Å². The molecule has 1 saturated carbocycles. The van der Waals surface area contributed by atoms with Crippen LogP contribution in [0, 0.1) is 25.7 Å². The quantitative estimate of drug-likeness (QED) is 0.628. The maximum absolute atomic E-state index is 12.6. The number of esters is 1. The number of hydrogen-bond donors (Lipinski definition) is 0. The molecule has 1 amide bonds. The van der Waals surface area contributed by atoms with E-state index in [9.17, 15) is 9.59 Å². The Morgan fingerprint density at radius 2 is 1.81 bits per heavy atom. The van der Waals surface area contributed by atoms with Gasteiger partial charge in [0.25, 0.3) is 5.91 Å². The molecule has 0 unspecified atom stereocenters. The molecule has 2 aromatic rings. The Morgan fingerprint density at radius 3 is 2.50 bits per heavy atom. The number of nitrogens with zero attached hydrogens (tertiary/aromatic N) is 4. The molecular weight excluding hydrogens is 424 g/mol. The van der Waals surface area contributed by atoms with Crippen molar-refractivity contribution in [3.05, 3.63) is 16.8 Å². The van der Waals surface area contributed by atoms with E-state index in [1.807, 2.05) is 7.05 Å². The minimum atomic E-state index is -0.251. The van der Waals surface area contributed by atoms with Gasteiger partial charge in [0.2, 0.25) is 0 Å². The SMILES string of the molecule is Cc1sc2ncnc(N3CCC(C(=O)OCC(=O)N(C)C4CCC(C)CC4)CC3)c2c1C. The Hall–Kier alpha value is -2.22. The highest BCUT2D eigenvalue weighted by Gasteiger charge is 2.30. The summed E-state index contributed by atoms with van der Waals surface area (Å²) >= 11 is 1.70. The number of amides is 1. The van der Waals surface area contributed by atoms with Crippen LogP contribution < -0.4 is 4.90 Å². The number of hydrogen-bond acceptors (Lipinski definition) is 7. The van der Waals surface area contributed by atoms with E-state index in [1.165, 1.54) is 10.4 Å². The molecule has 0 aromatic carbocycles. The van der Waals surface area contributed by atoms with Crippen LogP contribution in [-0.2, 0) is 14.3 Å². The number of likely N-dealkylation sites (N-methyl/N-ethyl adjacent to an activating group) is 1. The van der Waals surface area contributed by atoms with Crippen molar-refractivity contribution in [2.45, 2.75) is 65.3 Å². The lowest BCUT2D eigenvalue weighted by atomic mass is 9.87. The van der Waals surface area contributed by atoms with Gasteiger partial charge in [0.1, 0.15) is 17.0 Å². The first-order valence-corrected chi connectivity index (χ1v) is 12.5. The molecule has 3 heterocycles. The molecule has 0 radical (unpaired) electrons. The summed E-state index contributed by atoms with van der Waals surface area (Å²) < 4.78 is 5.44. The predicted molar refractivity (Wildman–Crippen MR) is 127 cm³/mol. The maximum atomic E-state index is 12.6. The fourth-order valence-electron chi connectivity index (χ4n) is 4.92. The smallest absolute Gasteiger partial charge is 0.309 e. The van der Waals surface area contributed by atoms with Gasteiger partial charge in [-0.3, -0.25) is 9.59 Å². The summed E-state index contributed by atoms with van der Waals surface area (Å²) in [5.74, 6) is 1.19. The van der Waals surface area contributed by atoms with Gasteiger partial charge >= 0.3 is 5.97 Å². The van der Waals surface area contributed by atoms with Crippen LogP contribution in [0.1, 0.15) is 55.9 Å². The normalized spacial score (nSPS) is 22.2. The average Bonchev–Trinajstić information content (AvgIpc) is 3.11. The van der Waals surface area contributed by atoms with Crippen LogP contribution >= 0.6 is 11.3 Å². The first-order chi connectivity index (χ1) is 15.3. The van der Waals surface area contributed by atoms with E-state index >= 15 is 0 Å². The molecular formula is C24H34N4O3S. The number of anilines is 1. The van der Waals surface area contributed by atoms with Crippen LogP contribution in [0.15, 0.2) is 6.33 Å². The van der Waals surface area contributed by atoms with E-state index in [4.69, 9.17) is 4.74 Å². The number of aromatic nitrogens is 2. The number of aryl methyl sites for hydroxylation is 2. The molecule has 8 heteroatoms. The Labute approximate surface area is 194 Å². The predicted octanol–water partition coefficient (Wildman–Crippen LogP) is 4.10. The number of rotatable bonds is 5. The second-order valence-corrected chi connectivity index (χ2v) is 10.7. The van der Waals surface area contributed by atoms with Gasteiger partial charge < -0.3 is 14.5 Å². The highest BCUT2D eigenvalue weighted by molar-refractivity contribution is 7.18. The Bertz CT molecular complexity index is 975. The molecule has 7 nitrogen and oxygen atoms in total. The van der Waals surface area contributed by atoms with E-state index < -0.39 is 0 Å². The number of carbonyl (C=O) groups is 2. The third-order valence-corrected chi connectivity index (χ3v) is 8.45. The van der Waals surface area contributed by atoms with Gasteiger partial charge in [-0.1, -0.05) is 6.92 Å². The monoisotopic (exact) mass is 458 g/mol. The van der Waals surface area contributed by atoms with Crippen LogP contribution in [0.4, 0.5) is 5.82 Å². The van der Waals surface area contributed by atoms with Crippen molar-refractivity contribution in [2.24, 2.45) is 11.8 Å². The molecule has 0 bridgehead atoms. The molecule has 2 aromatic heterocycles. The lowest BCUT2D eigenvalue weighted by Crippen LogP contribution is -2.42. The minimum Gasteiger partial charge on any atom is -0.455 e. The van der Waals surface area contributed by atoms with Crippen LogP contribution in [0.2, 0.25) is 0 Å². The molecule has 0 atom stereocenters. The maximum Gasteiger partial charge on any atom is 0.309 e. The van der Waals surface area contributed by atoms with Crippen molar-refractivity contribution in [3.8, 4) is 0 Å². The number of ether oxygens (including phenoxy) is 1. The summed E-state index contributed by atoms with van der Waals surface area (Å²) in [5, 5.41) is 1.13. The zero-order valence-corrected chi connectivity index (χ0v) is 20.4. The summed E-state index contributed by atoms with van der Waals surface area (Å²) in [6, 6.07) is 0.273. The lowest BCUT2D eigenvalue weighted by molar-refractivity contribution is -0.156.